The summed E-state index contributed by atoms with van der Waals surface area (Å²) in [5.41, 5.74) is -0.802. The van der Waals surface area contributed by atoms with Crippen molar-refractivity contribution in [3.05, 3.63) is 33.4 Å². The lowest BCUT2D eigenvalue weighted by atomic mass is 10.0. The van der Waals surface area contributed by atoms with Gasteiger partial charge in [0.05, 0.1) is 17.1 Å². The first kappa shape index (κ1) is 12.8. The van der Waals surface area contributed by atoms with E-state index in [4.69, 9.17) is 4.74 Å². The van der Waals surface area contributed by atoms with Gasteiger partial charge < -0.3 is 4.74 Å². The van der Waals surface area contributed by atoms with Crippen LogP contribution in [0.4, 0.5) is 5.69 Å². The molecule has 0 radical (unpaired) electrons. The highest BCUT2D eigenvalue weighted by molar-refractivity contribution is 6.04. The number of aldehydes is 1. The van der Waals surface area contributed by atoms with Crippen LogP contribution >= 0.6 is 0 Å². The molecule has 1 aromatic rings. The van der Waals surface area contributed by atoms with Gasteiger partial charge in [-0.1, -0.05) is 0 Å². The van der Waals surface area contributed by atoms with Crippen molar-refractivity contribution < 1.29 is 19.2 Å². The minimum atomic E-state index is -0.747. The molecule has 0 atom stereocenters. The molecule has 0 saturated heterocycles. The molecule has 0 spiro atoms. The highest BCUT2D eigenvalue weighted by atomic mass is 16.6. The zero-order valence-corrected chi connectivity index (χ0v) is 9.43. The van der Waals surface area contributed by atoms with E-state index in [-0.39, 0.29) is 23.5 Å². The third-order valence-corrected chi connectivity index (χ3v) is 2.13. The maximum absolute atomic E-state index is 11.4. The smallest absolute Gasteiger partial charge is 0.294 e. The van der Waals surface area contributed by atoms with Crippen molar-refractivity contribution in [3.63, 3.8) is 0 Å². The second-order valence-corrected chi connectivity index (χ2v) is 3.24. The summed E-state index contributed by atoms with van der Waals surface area (Å²) in [4.78, 5) is 32.3. The Labute approximate surface area is 97.3 Å². The Morgan fingerprint density at radius 1 is 1.53 bits per heavy atom. The molecular formula is C11H11NO5. The fraction of sp³-hybridized carbons (Fsp3) is 0.273. The molecule has 0 aliphatic heterocycles. The number of carbonyl (C=O) groups excluding carboxylic acids is 2. The van der Waals surface area contributed by atoms with E-state index in [1.165, 1.54) is 19.1 Å². The summed E-state index contributed by atoms with van der Waals surface area (Å²) in [5, 5.41) is 10.9. The van der Waals surface area contributed by atoms with Crippen molar-refractivity contribution >= 4 is 17.8 Å². The number of rotatable bonds is 5. The van der Waals surface area contributed by atoms with Gasteiger partial charge in [0, 0.05) is 0 Å². The van der Waals surface area contributed by atoms with E-state index < -0.39 is 16.4 Å². The summed E-state index contributed by atoms with van der Waals surface area (Å²) < 4.78 is 5.15. The van der Waals surface area contributed by atoms with Crippen LogP contribution in [0.15, 0.2) is 12.1 Å². The molecule has 6 heteroatoms. The van der Waals surface area contributed by atoms with Gasteiger partial charge in [-0.3, -0.25) is 19.7 Å². The number of nitro benzene ring substituents is 1. The number of nitrogens with zero attached hydrogens (tertiary/aromatic N) is 1. The van der Waals surface area contributed by atoms with E-state index in [2.05, 4.69) is 0 Å². The molecular weight excluding hydrogens is 226 g/mol. The Balaban J connectivity index is 3.58. The molecule has 90 valence electrons. The largest absolute Gasteiger partial charge is 0.493 e. The second kappa shape index (κ2) is 5.20. The van der Waals surface area contributed by atoms with Crippen LogP contribution in [-0.2, 0) is 0 Å². The maximum atomic E-state index is 11.4. The maximum Gasteiger partial charge on any atom is 0.294 e. The Morgan fingerprint density at radius 2 is 2.18 bits per heavy atom. The predicted octanol–water partition coefficient (Wildman–Crippen LogP) is 2.01. The number of hydrogen-bond acceptors (Lipinski definition) is 5. The SMILES string of the molecule is CCOc1ccc(C=O)c([N+](=O)[O-])c1C(C)=O. The first-order valence-electron chi connectivity index (χ1n) is 4.93. The monoisotopic (exact) mass is 237 g/mol. The van der Waals surface area contributed by atoms with Gasteiger partial charge >= 0.3 is 0 Å². The Kier molecular flexibility index (Phi) is 3.92. The van der Waals surface area contributed by atoms with E-state index in [1.807, 2.05) is 0 Å². The van der Waals surface area contributed by atoms with Crippen molar-refractivity contribution in [2.75, 3.05) is 6.61 Å². The molecule has 0 bridgehead atoms. The number of hydrogen-bond donors (Lipinski definition) is 0. The van der Waals surface area contributed by atoms with Crippen LogP contribution in [0.5, 0.6) is 5.75 Å². The molecule has 0 aromatic heterocycles. The topological polar surface area (TPSA) is 86.5 Å². The molecule has 0 saturated carbocycles. The van der Waals surface area contributed by atoms with E-state index >= 15 is 0 Å². The molecule has 0 heterocycles. The number of benzene rings is 1. The highest BCUT2D eigenvalue weighted by Crippen LogP contribution is 2.31. The first-order chi connectivity index (χ1) is 8.02. The van der Waals surface area contributed by atoms with E-state index in [0.29, 0.717) is 6.29 Å². The van der Waals surface area contributed by atoms with Crippen LogP contribution < -0.4 is 4.74 Å². The zero-order valence-electron chi connectivity index (χ0n) is 9.43. The van der Waals surface area contributed by atoms with Gasteiger partial charge in [0.15, 0.2) is 12.1 Å². The third kappa shape index (κ3) is 2.47. The van der Waals surface area contributed by atoms with Gasteiger partial charge in [-0.2, -0.15) is 0 Å². The quantitative estimate of drug-likeness (QED) is 0.338. The van der Waals surface area contributed by atoms with Gasteiger partial charge in [-0.05, 0) is 26.0 Å². The lowest BCUT2D eigenvalue weighted by molar-refractivity contribution is -0.385. The molecule has 6 nitrogen and oxygen atoms in total. The molecule has 0 fully saturated rings. The first-order valence-corrected chi connectivity index (χ1v) is 4.93. The molecule has 0 N–H and O–H groups in total. The standard InChI is InChI=1S/C11H11NO5/c1-3-17-9-5-4-8(6-13)11(12(15)16)10(9)7(2)14/h4-6H,3H2,1-2H3. The lowest BCUT2D eigenvalue weighted by Gasteiger charge is -2.09. The number of ketones is 1. The number of carbonyl (C=O) groups is 2. The number of Topliss-reactive ketones (excluding diaryl/α,β-unsaturated/α-hetero) is 1. The zero-order chi connectivity index (χ0) is 13.0. The van der Waals surface area contributed by atoms with Crippen molar-refractivity contribution in [1.82, 2.24) is 0 Å². The Bertz CT molecular complexity index is 481. The molecule has 0 aliphatic carbocycles. The third-order valence-electron chi connectivity index (χ3n) is 2.13. The van der Waals surface area contributed by atoms with Crippen LogP contribution in [0.2, 0.25) is 0 Å². The average molecular weight is 237 g/mol. The van der Waals surface area contributed by atoms with Crippen LogP contribution in [-0.4, -0.2) is 23.6 Å². The molecule has 17 heavy (non-hydrogen) atoms. The average Bonchev–Trinajstić information content (AvgIpc) is 2.28. The van der Waals surface area contributed by atoms with Crippen molar-refractivity contribution in [2.45, 2.75) is 13.8 Å². The van der Waals surface area contributed by atoms with E-state index in [1.54, 1.807) is 6.92 Å². The van der Waals surface area contributed by atoms with Crippen LogP contribution in [0.1, 0.15) is 34.6 Å². The van der Waals surface area contributed by atoms with Gasteiger partial charge in [0.2, 0.25) is 0 Å². The van der Waals surface area contributed by atoms with Crippen LogP contribution in [0.3, 0.4) is 0 Å². The number of nitro groups is 1. The van der Waals surface area contributed by atoms with Gasteiger partial charge in [0.1, 0.15) is 11.3 Å². The van der Waals surface area contributed by atoms with Gasteiger partial charge in [-0.15, -0.1) is 0 Å². The lowest BCUT2D eigenvalue weighted by Crippen LogP contribution is -2.07. The van der Waals surface area contributed by atoms with E-state index in [9.17, 15) is 19.7 Å². The minimum Gasteiger partial charge on any atom is -0.493 e. The van der Waals surface area contributed by atoms with Crippen molar-refractivity contribution in [1.29, 1.82) is 0 Å². The van der Waals surface area contributed by atoms with Crippen molar-refractivity contribution in [3.8, 4) is 5.75 Å². The number of ether oxygens (including phenoxy) is 1. The highest BCUT2D eigenvalue weighted by Gasteiger charge is 2.26. The normalized spacial score (nSPS) is 9.76. The molecule has 1 rings (SSSR count). The Hall–Kier alpha value is -2.24. The van der Waals surface area contributed by atoms with Crippen molar-refractivity contribution in [2.24, 2.45) is 0 Å². The summed E-state index contributed by atoms with van der Waals surface area (Å²) in [5.74, 6) is -0.388. The summed E-state index contributed by atoms with van der Waals surface area (Å²) in [7, 11) is 0. The molecule has 0 amide bonds. The van der Waals surface area contributed by atoms with Gasteiger partial charge in [-0.25, -0.2) is 0 Å². The molecule has 1 aromatic carbocycles. The summed E-state index contributed by atoms with van der Waals surface area (Å²) >= 11 is 0. The molecule has 0 unspecified atom stereocenters. The second-order valence-electron chi connectivity index (χ2n) is 3.24. The summed E-state index contributed by atoms with van der Waals surface area (Å²) in [6.45, 7) is 3.17. The summed E-state index contributed by atoms with van der Waals surface area (Å²) in [6.07, 6.45) is 0.348. The van der Waals surface area contributed by atoms with E-state index in [0.717, 1.165) is 0 Å². The predicted molar refractivity (Wildman–Crippen MR) is 59.7 cm³/mol. The van der Waals surface area contributed by atoms with Crippen LogP contribution in [0, 0.1) is 10.1 Å². The fourth-order valence-corrected chi connectivity index (χ4v) is 1.50. The summed E-state index contributed by atoms with van der Waals surface area (Å²) in [6, 6.07) is 2.65. The Morgan fingerprint density at radius 3 is 2.59 bits per heavy atom. The molecule has 0 aliphatic rings. The minimum absolute atomic E-state index is 0.123. The van der Waals surface area contributed by atoms with Crippen LogP contribution in [0.25, 0.3) is 0 Å². The van der Waals surface area contributed by atoms with Gasteiger partial charge in [0.25, 0.3) is 5.69 Å². The fourth-order valence-electron chi connectivity index (χ4n) is 1.50.